The highest BCUT2D eigenvalue weighted by Crippen LogP contribution is 2.08. The van der Waals surface area contributed by atoms with E-state index in [1.165, 1.54) is 6.33 Å². The number of hydrogen-bond acceptors (Lipinski definition) is 6. The largest absolute Gasteiger partial charge is 0.312 e. The van der Waals surface area contributed by atoms with E-state index in [2.05, 4.69) is 15.4 Å². The molecule has 1 unspecified atom stereocenters. The van der Waals surface area contributed by atoms with Crippen LogP contribution in [0.15, 0.2) is 6.33 Å². The monoisotopic (exact) mass is 300 g/mol. The Morgan fingerprint density at radius 3 is 3.05 bits per heavy atom. The van der Waals surface area contributed by atoms with Crippen LogP contribution in [0.3, 0.4) is 0 Å². The number of ketones is 1. The molecule has 1 aromatic rings. The van der Waals surface area contributed by atoms with Crippen molar-refractivity contribution in [3.8, 4) is 0 Å². The maximum Gasteiger partial charge on any atom is 0.153 e. The van der Waals surface area contributed by atoms with Gasteiger partial charge in [-0.25, -0.2) is 18.1 Å². The summed E-state index contributed by atoms with van der Waals surface area (Å²) in [5, 5.41) is 7.15. The van der Waals surface area contributed by atoms with Crippen LogP contribution >= 0.6 is 0 Å². The first-order valence-electron chi connectivity index (χ1n) is 6.82. The quantitative estimate of drug-likeness (QED) is 0.766. The predicted molar refractivity (Wildman–Crippen MR) is 74.1 cm³/mol. The van der Waals surface area contributed by atoms with Crippen molar-refractivity contribution in [2.45, 2.75) is 38.8 Å². The molecule has 1 aliphatic rings. The van der Waals surface area contributed by atoms with Crippen LogP contribution in [0, 0.1) is 0 Å². The van der Waals surface area contributed by atoms with E-state index >= 15 is 0 Å². The number of rotatable bonds is 6. The number of sulfone groups is 1. The number of nitrogens with one attached hydrogen (secondary N) is 1. The Morgan fingerprint density at radius 2 is 2.35 bits per heavy atom. The molecule has 0 spiro atoms. The smallest absolute Gasteiger partial charge is 0.153 e. The molecule has 7 nitrogen and oxygen atoms in total. The van der Waals surface area contributed by atoms with E-state index in [4.69, 9.17) is 0 Å². The number of nitrogens with zero attached hydrogens (tertiary/aromatic N) is 3. The van der Waals surface area contributed by atoms with E-state index in [1.807, 2.05) is 6.92 Å². The summed E-state index contributed by atoms with van der Waals surface area (Å²) in [4.78, 5) is 16.1. The lowest BCUT2D eigenvalue weighted by atomic mass is 10.1. The van der Waals surface area contributed by atoms with E-state index in [0.717, 1.165) is 13.0 Å². The highest BCUT2D eigenvalue weighted by atomic mass is 32.2. The topological polar surface area (TPSA) is 93.9 Å². The Morgan fingerprint density at radius 1 is 1.55 bits per heavy atom. The first-order valence-corrected chi connectivity index (χ1v) is 8.64. The van der Waals surface area contributed by atoms with Gasteiger partial charge >= 0.3 is 0 Å². The SMILES string of the molecule is CCCn1ncnc1CC(=O)CC1CS(=O)(=O)CCN1. The molecule has 8 heteroatoms. The molecule has 1 aliphatic heterocycles. The molecule has 0 aliphatic carbocycles. The van der Waals surface area contributed by atoms with Crippen LogP contribution < -0.4 is 5.32 Å². The Hall–Kier alpha value is -1.28. The fourth-order valence-corrected chi connectivity index (χ4v) is 3.79. The number of aryl methyl sites for hydroxylation is 1. The molecule has 2 heterocycles. The molecule has 0 amide bonds. The molecule has 2 rings (SSSR count). The van der Waals surface area contributed by atoms with E-state index in [1.54, 1.807) is 4.68 Å². The Bertz CT molecular complexity index is 567. The van der Waals surface area contributed by atoms with Gasteiger partial charge in [0.25, 0.3) is 0 Å². The van der Waals surface area contributed by atoms with Gasteiger partial charge in [0.1, 0.15) is 17.9 Å². The minimum absolute atomic E-state index is 0.00930. The zero-order valence-corrected chi connectivity index (χ0v) is 12.4. The molecule has 1 fully saturated rings. The molecule has 1 saturated heterocycles. The molecule has 0 radical (unpaired) electrons. The van der Waals surface area contributed by atoms with Gasteiger partial charge in [0, 0.05) is 25.6 Å². The maximum atomic E-state index is 12.0. The van der Waals surface area contributed by atoms with Crippen molar-refractivity contribution in [3.63, 3.8) is 0 Å². The molecule has 1 atom stereocenters. The fraction of sp³-hybridized carbons (Fsp3) is 0.750. The van der Waals surface area contributed by atoms with Crippen LogP contribution in [0.1, 0.15) is 25.6 Å². The molecule has 20 heavy (non-hydrogen) atoms. The van der Waals surface area contributed by atoms with Crippen molar-refractivity contribution in [1.29, 1.82) is 0 Å². The van der Waals surface area contributed by atoms with Crippen molar-refractivity contribution >= 4 is 15.6 Å². The first-order chi connectivity index (χ1) is 9.50. The molecule has 0 aromatic carbocycles. The van der Waals surface area contributed by atoms with Crippen molar-refractivity contribution in [2.24, 2.45) is 0 Å². The second kappa shape index (κ2) is 6.45. The van der Waals surface area contributed by atoms with Crippen molar-refractivity contribution in [3.05, 3.63) is 12.2 Å². The Kier molecular flexibility index (Phi) is 4.87. The van der Waals surface area contributed by atoms with Gasteiger partial charge in [-0.05, 0) is 6.42 Å². The highest BCUT2D eigenvalue weighted by molar-refractivity contribution is 7.91. The van der Waals surface area contributed by atoms with Crippen LogP contribution in [0.5, 0.6) is 0 Å². The molecule has 0 bridgehead atoms. The molecule has 1 aromatic heterocycles. The van der Waals surface area contributed by atoms with Gasteiger partial charge in [0.15, 0.2) is 9.84 Å². The van der Waals surface area contributed by atoms with Crippen LogP contribution in [0.25, 0.3) is 0 Å². The van der Waals surface area contributed by atoms with Gasteiger partial charge in [0.05, 0.1) is 17.9 Å². The minimum Gasteiger partial charge on any atom is -0.312 e. The molecule has 112 valence electrons. The number of Topliss-reactive ketones (excluding diaryl/α,β-unsaturated/α-hetero) is 1. The standard InChI is InChI=1S/C12H20N4O3S/c1-2-4-16-12(14-9-15-16)7-11(17)6-10-8-20(18,19)5-3-13-10/h9-10,13H,2-8H2,1H3. The summed E-state index contributed by atoms with van der Waals surface area (Å²) < 4.78 is 24.8. The van der Waals surface area contributed by atoms with E-state index < -0.39 is 9.84 Å². The third-order valence-electron chi connectivity index (χ3n) is 3.26. The summed E-state index contributed by atoms with van der Waals surface area (Å²) in [6.45, 7) is 3.19. The average molecular weight is 300 g/mol. The van der Waals surface area contributed by atoms with Crippen LogP contribution in [-0.2, 0) is 27.6 Å². The zero-order valence-electron chi connectivity index (χ0n) is 11.6. The highest BCUT2D eigenvalue weighted by Gasteiger charge is 2.26. The lowest BCUT2D eigenvalue weighted by Crippen LogP contribution is -2.46. The average Bonchev–Trinajstić information content (AvgIpc) is 2.75. The van der Waals surface area contributed by atoms with E-state index in [-0.39, 0.29) is 36.2 Å². The molecule has 0 saturated carbocycles. The summed E-state index contributed by atoms with van der Waals surface area (Å²) in [6, 6.07) is -0.274. The van der Waals surface area contributed by atoms with Crippen molar-refractivity contribution in [2.75, 3.05) is 18.1 Å². The summed E-state index contributed by atoms with van der Waals surface area (Å²) >= 11 is 0. The first kappa shape index (κ1) is 15.1. The lowest BCUT2D eigenvalue weighted by molar-refractivity contribution is -0.119. The third-order valence-corrected chi connectivity index (χ3v) is 5.00. The summed E-state index contributed by atoms with van der Waals surface area (Å²) in [7, 11) is -3.00. The van der Waals surface area contributed by atoms with E-state index in [0.29, 0.717) is 12.4 Å². The summed E-state index contributed by atoms with van der Waals surface area (Å²) in [5.74, 6) is 0.837. The van der Waals surface area contributed by atoms with Gasteiger partial charge in [-0.2, -0.15) is 5.10 Å². The predicted octanol–water partition coefficient (Wildman–Crippen LogP) is -0.424. The third kappa shape index (κ3) is 4.11. The lowest BCUT2D eigenvalue weighted by Gasteiger charge is -2.22. The fourth-order valence-electron chi connectivity index (χ4n) is 2.35. The minimum atomic E-state index is -3.00. The van der Waals surface area contributed by atoms with Crippen LogP contribution in [0.4, 0.5) is 0 Å². The van der Waals surface area contributed by atoms with Gasteiger partial charge in [-0.1, -0.05) is 6.92 Å². The normalized spacial score (nSPS) is 21.8. The number of carbonyl (C=O) groups excluding carboxylic acids is 1. The van der Waals surface area contributed by atoms with Crippen molar-refractivity contribution in [1.82, 2.24) is 20.1 Å². The maximum absolute atomic E-state index is 12.0. The van der Waals surface area contributed by atoms with Gasteiger partial charge in [0.2, 0.25) is 0 Å². The molecule has 1 N–H and O–H groups in total. The molecular formula is C12H20N4O3S. The Balaban J connectivity index is 1.90. The number of hydrogen-bond donors (Lipinski definition) is 1. The van der Waals surface area contributed by atoms with Crippen molar-refractivity contribution < 1.29 is 13.2 Å². The second-order valence-electron chi connectivity index (χ2n) is 5.08. The summed E-state index contributed by atoms with van der Waals surface area (Å²) in [5.41, 5.74) is 0. The van der Waals surface area contributed by atoms with Gasteiger partial charge in [-0.3, -0.25) is 4.79 Å². The zero-order chi connectivity index (χ0) is 14.6. The number of carbonyl (C=O) groups is 1. The van der Waals surface area contributed by atoms with Gasteiger partial charge in [-0.15, -0.1) is 0 Å². The van der Waals surface area contributed by atoms with Gasteiger partial charge < -0.3 is 5.32 Å². The second-order valence-corrected chi connectivity index (χ2v) is 7.31. The van der Waals surface area contributed by atoms with Crippen LogP contribution in [-0.4, -0.2) is 53.1 Å². The summed E-state index contributed by atoms with van der Waals surface area (Å²) in [6.07, 6.45) is 2.80. The van der Waals surface area contributed by atoms with Crippen LogP contribution in [0.2, 0.25) is 0 Å². The van der Waals surface area contributed by atoms with E-state index in [9.17, 15) is 13.2 Å². The number of aromatic nitrogens is 3. The Labute approximate surface area is 118 Å². The molecular weight excluding hydrogens is 280 g/mol.